The van der Waals surface area contributed by atoms with Crippen molar-refractivity contribution in [1.82, 2.24) is 0 Å². The van der Waals surface area contributed by atoms with Crippen molar-refractivity contribution < 1.29 is 32.3 Å². The van der Waals surface area contributed by atoms with Crippen LogP contribution in [0.25, 0.3) is 0 Å². The van der Waals surface area contributed by atoms with Gasteiger partial charge in [0.1, 0.15) is 0 Å². The molecule has 0 saturated carbocycles. The first-order valence-corrected chi connectivity index (χ1v) is 2.22. The van der Waals surface area contributed by atoms with Crippen LogP contribution >= 0.6 is 0 Å². The zero-order valence-corrected chi connectivity index (χ0v) is 6.67. The van der Waals surface area contributed by atoms with E-state index in [0.29, 0.717) is 13.1 Å². The second-order valence-corrected chi connectivity index (χ2v) is 1.07. The van der Waals surface area contributed by atoms with Crippen molar-refractivity contribution in [3.8, 4) is 0 Å². The van der Waals surface area contributed by atoms with Crippen LogP contribution in [0.5, 0.6) is 0 Å². The number of hydrogen-bond donors (Lipinski definition) is 2. The average molecular weight is 227 g/mol. The second kappa shape index (κ2) is 15.7. The van der Waals surface area contributed by atoms with Crippen LogP contribution in [0.4, 0.5) is 0 Å². The molecule has 0 aromatic carbocycles. The van der Waals surface area contributed by atoms with E-state index in [-0.39, 0.29) is 22.4 Å². The Morgan fingerprint density at radius 3 is 1.56 bits per heavy atom. The van der Waals surface area contributed by atoms with Crippen LogP contribution in [0.1, 0.15) is 6.92 Å². The van der Waals surface area contributed by atoms with E-state index < -0.39 is 5.97 Å². The van der Waals surface area contributed by atoms with Gasteiger partial charge in [0.2, 0.25) is 0 Å². The molecular weight excluding hydrogens is 216 g/mol. The normalized spacial score (nSPS) is 6.11. The van der Waals surface area contributed by atoms with Crippen LogP contribution < -0.4 is 16.6 Å². The molecule has 0 bridgehead atoms. The third kappa shape index (κ3) is 239. The summed E-state index contributed by atoms with van der Waals surface area (Å²) in [6.07, 6.45) is 0. The molecule has 0 heterocycles. The predicted octanol–water partition coefficient (Wildman–Crippen LogP) is -2.34. The predicted molar refractivity (Wildman–Crippen MR) is 28.8 cm³/mol. The molecule has 0 spiro atoms. The number of carbonyl (C=O) groups excluding carboxylic acids is 1. The van der Waals surface area contributed by atoms with Gasteiger partial charge in [-0.3, -0.25) is 0 Å². The van der Waals surface area contributed by atoms with Gasteiger partial charge in [-0.25, -0.2) is 0 Å². The monoisotopic (exact) mass is 226 g/mol. The molecule has 0 aliphatic rings. The summed E-state index contributed by atoms with van der Waals surface area (Å²) in [5.41, 5.74) is 9.81. The van der Waals surface area contributed by atoms with Gasteiger partial charge in [-0.1, -0.05) is 0 Å². The summed E-state index contributed by atoms with van der Waals surface area (Å²) < 4.78 is 0. The molecule has 0 aliphatic heterocycles. The van der Waals surface area contributed by atoms with Crippen molar-refractivity contribution in [1.29, 1.82) is 0 Å². The first-order valence-electron chi connectivity index (χ1n) is 2.22. The summed E-state index contributed by atoms with van der Waals surface area (Å²) in [6.45, 7) is 2.17. The number of carboxylic acids is 1. The molecule has 4 nitrogen and oxygen atoms in total. The molecule has 5 heteroatoms. The summed E-state index contributed by atoms with van der Waals surface area (Å²) >= 11 is 0. The summed E-state index contributed by atoms with van der Waals surface area (Å²) in [7, 11) is 0. The zero-order valence-electron chi connectivity index (χ0n) is 5.19. The van der Waals surface area contributed by atoms with Gasteiger partial charge in [0.05, 0.1) is 0 Å². The van der Waals surface area contributed by atoms with Crippen LogP contribution in [0.15, 0.2) is 0 Å². The van der Waals surface area contributed by atoms with E-state index in [1.165, 1.54) is 0 Å². The van der Waals surface area contributed by atoms with Gasteiger partial charge >= 0.3 is 22.4 Å². The average Bonchev–Trinajstić information content (AvgIpc) is 1.65. The fourth-order valence-corrected chi connectivity index (χ4v) is 0. The number of rotatable bonds is 1. The SMILES string of the molecule is CC(=O)[O-].NCCN.[Ag+]. The van der Waals surface area contributed by atoms with E-state index in [0.717, 1.165) is 6.92 Å². The van der Waals surface area contributed by atoms with Crippen molar-refractivity contribution in [2.45, 2.75) is 6.92 Å². The maximum atomic E-state index is 8.89. The van der Waals surface area contributed by atoms with Crippen LogP contribution in [-0.2, 0) is 27.2 Å². The Balaban J connectivity index is -0.0000000720. The Hall–Kier alpha value is 0.130. The maximum Gasteiger partial charge on any atom is 1.00 e. The van der Waals surface area contributed by atoms with Gasteiger partial charge in [0.15, 0.2) is 0 Å². The Kier molecular flexibility index (Phi) is 28.0. The quantitative estimate of drug-likeness (QED) is 0.491. The van der Waals surface area contributed by atoms with E-state index >= 15 is 0 Å². The zero-order chi connectivity index (χ0) is 6.99. The van der Waals surface area contributed by atoms with Crippen LogP contribution in [-0.4, -0.2) is 19.1 Å². The summed E-state index contributed by atoms with van der Waals surface area (Å²) in [5.74, 6) is -1.08. The molecular formula is C4H11AgN2O2. The Morgan fingerprint density at radius 2 is 1.56 bits per heavy atom. The topological polar surface area (TPSA) is 92.2 Å². The largest absolute Gasteiger partial charge is 1.00 e. The molecule has 0 aromatic rings. The molecule has 0 unspecified atom stereocenters. The molecule has 0 rings (SSSR count). The number of carboxylic acid groups (broad SMARTS) is 1. The molecule has 0 saturated heterocycles. The van der Waals surface area contributed by atoms with Crippen molar-refractivity contribution in [2.24, 2.45) is 11.5 Å². The van der Waals surface area contributed by atoms with E-state index in [9.17, 15) is 0 Å². The number of carbonyl (C=O) groups is 1. The Morgan fingerprint density at radius 1 is 1.44 bits per heavy atom. The molecule has 0 amide bonds. The van der Waals surface area contributed by atoms with Gasteiger partial charge in [0, 0.05) is 19.1 Å². The molecule has 0 radical (unpaired) electrons. The first kappa shape index (κ1) is 16.1. The third-order valence-electron chi connectivity index (χ3n) is 0.167. The molecule has 0 atom stereocenters. The van der Waals surface area contributed by atoms with E-state index in [1.54, 1.807) is 0 Å². The van der Waals surface area contributed by atoms with Crippen molar-refractivity contribution in [3.63, 3.8) is 0 Å². The van der Waals surface area contributed by atoms with Gasteiger partial charge in [-0.15, -0.1) is 0 Å². The molecule has 0 fully saturated rings. The minimum atomic E-state index is -1.08. The summed E-state index contributed by atoms with van der Waals surface area (Å²) in [6, 6.07) is 0. The van der Waals surface area contributed by atoms with Gasteiger partial charge in [-0.05, 0) is 6.92 Å². The summed E-state index contributed by atoms with van der Waals surface area (Å²) in [4.78, 5) is 8.89. The smallest absolute Gasteiger partial charge is 0.550 e. The van der Waals surface area contributed by atoms with Crippen molar-refractivity contribution >= 4 is 5.97 Å². The van der Waals surface area contributed by atoms with Crippen molar-refractivity contribution in [2.75, 3.05) is 13.1 Å². The molecule has 0 aromatic heterocycles. The fourth-order valence-electron chi connectivity index (χ4n) is 0. The Bertz CT molecular complexity index is 54.5. The number of hydrogen-bond acceptors (Lipinski definition) is 4. The molecule has 9 heavy (non-hydrogen) atoms. The second-order valence-electron chi connectivity index (χ2n) is 1.07. The third-order valence-corrected chi connectivity index (χ3v) is 0.167. The minimum absolute atomic E-state index is 0. The standard InChI is InChI=1S/C2H8N2.C2H4O2.Ag/c3-1-2-4;1-2(3)4;/h1-4H2;1H3,(H,3,4);/q;;+1/p-1. The van der Waals surface area contributed by atoms with E-state index in [2.05, 4.69) is 0 Å². The molecule has 60 valence electrons. The molecule has 4 N–H and O–H groups in total. The first-order chi connectivity index (χ1) is 3.65. The Labute approximate surface area is 70.1 Å². The fraction of sp³-hybridized carbons (Fsp3) is 0.750. The number of nitrogens with two attached hydrogens (primary N) is 2. The van der Waals surface area contributed by atoms with Crippen LogP contribution in [0.3, 0.4) is 0 Å². The van der Waals surface area contributed by atoms with E-state index in [4.69, 9.17) is 21.4 Å². The maximum absolute atomic E-state index is 8.89. The van der Waals surface area contributed by atoms with Gasteiger partial charge in [-0.2, -0.15) is 0 Å². The van der Waals surface area contributed by atoms with Gasteiger partial charge in [0.25, 0.3) is 0 Å². The summed E-state index contributed by atoms with van der Waals surface area (Å²) in [5, 5.41) is 8.89. The van der Waals surface area contributed by atoms with E-state index in [1.807, 2.05) is 0 Å². The van der Waals surface area contributed by atoms with Crippen LogP contribution in [0, 0.1) is 0 Å². The minimum Gasteiger partial charge on any atom is -0.550 e. The van der Waals surface area contributed by atoms with Crippen LogP contribution in [0.2, 0.25) is 0 Å². The molecule has 0 aliphatic carbocycles. The van der Waals surface area contributed by atoms with Gasteiger partial charge < -0.3 is 21.4 Å². The van der Waals surface area contributed by atoms with Crippen molar-refractivity contribution in [3.05, 3.63) is 0 Å². The number of aliphatic carboxylic acids is 1.